The van der Waals surface area contributed by atoms with Gasteiger partial charge in [0.25, 0.3) is 0 Å². The number of sulfonamides is 1. The average molecular weight is 529 g/mol. The lowest BCUT2D eigenvalue weighted by atomic mass is 10.1. The normalized spacial score (nSPS) is 14.7. The second-order valence-electron chi connectivity index (χ2n) is 8.19. The molecule has 1 saturated carbocycles. The van der Waals surface area contributed by atoms with Gasteiger partial charge in [0.15, 0.2) is 17.4 Å². The number of nitrogens with one attached hydrogen (secondary N) is 1. The first-order valence-corrected chi connectivity index (χ1v) is 12.4. The van der Waals surface area contributed by atoms with E-state index < -0.39 is 52.5 Å². The maximum absolute atomic E-state index is 14.5. The summed E-state index contributed by atoms with van der Waals surface area (Å²) in [6.07, 6.45) is 4.94. The number of rotatable bonds is 9. The van der Waals surface area contributed by atoms with Crippen LogP contribution < -0.4 is 9.46 Å². The van der Waals surface area contributed by atoms with Crippen LogP contribution >= 0.6 is 0 Å². The van der Waals surface area contributed by atoms with Gasteiger partial charge < -0.3 is 9.30 Å². The second kappa shape index (κ2) is 10.4. The Morgan fingerprint density at radius 1 is 1.17 bits per heavy atom. The average Bonchev–Trinajstić information content (AvgIpc) is 3.48. The molecule has 1 fully saturated rings. The number of benzene rings is 1. The van der Waals surface area contributed by atoms with Gasteiger partial charge in [-0.1, -0.05) is 12.8 Å². The smallest absolute Gasteiger partial charge is 0.387 e. The first kappa shape index (κ1) is 25.8. The number of aromatic nitrogens is 3. The van der Waals surface area contributed by atoms with Gasteiger partial charge in [0, 0.05) is 17.5 Å². The van der Waals surface area contributed by atoms with Gasteiger partial charge in [0.2, 0.25) is 10.0 Å². The lowest BCUT2D eigenvalue weighted by Crippen LogP contribution is -2.38. The number of hydrogen-bond donors (Lipinski definition) is 1. The minimum atomic E-state index is -4.34. The predicted octanol–water partition coefficient (Wildman–Crippen LogP) is 4.41. The van der Waals surface area contributed by atoms with Gasteiger partial charge in [-0.25, -0.2) is 36.3 Å². The molecular formula is C22H20F5N5O3S. The monoisotopic (exact) mass is 529 g/mol. The zero-order valence-electron chi connectivity index (χ0n) is 18.6. The Balaban J connectivity index is 1.87. The highest BCUT2D eigenvalue weighted by Gasteiger charge is 2.30. The predicted molar refractivity (Wildman–Crippen MR) is 118 cm³/mol. The maximum Gasteiger partial charge on any atom is 0.387 e. The van der Waals surface area contributed by atoms with Crippen LogP contribution in [-0.2, 0) is 10.0 Å². The molecule has 1 aliphatic rings. The number of alkyl halides is 4. The van der Waals surface area contributed by atoms with Gasteiger partial charge in [0.1, 0.15) is 30.0 Å². The molecule has 1 N–H and O–H groups in total. The third-order valence-electron chi connectivity index (χ3n) is 5.92. The summed E-state index contributed by atoms with van der Waals surface area (Å²) in [7, 11) is -4.34. The Kier molecular flexibility index (Phi) is 7.41. The topological polar surface area (TPSA) is 110 Å². The molecule has 4 rings (SSSR count). The van der Waals surface area contributed by atoms with E-state index in [1.54, 1.807) is 4.57 Å². The lowest BCUT2D eigenvalue weighted by Gasteiger charge is -2.18. The standard InChI is InChI=1S/C22H20F5N5O3S/c23-7-12(8-24)31-36(33,34)14-10-29-21(30-11-14)20-16(9-28)15-5-17(25)19(35-22(26)27)6-18(15)32(20)13-3-1-2-4-13/h5-6,10-13,22,31H,1-4,7-8H2. The van der Waals surface area contributed by atoms with Gasteiger partial charge in [-0.2, -0.15) is 14.0 Å². The Bertz CT molecular complexity index is 1400. The van der Waals surface area contributed by atoms with E-state index in [4.69, 9.17) is 0 Å². The van der Waals surface area contributed by atoms with Gasteiger partial charge in [-0.05, 0) is 18.9 Å². The van der Waals surface area contributed by atoms with E-state index in [-0.39, 0.29) is 34.0 Å². The van der Waals surface area contributed by atoms with Crippen molar-refractivity contribution in [3.05, 3.63) is 35.9 Å². The quantitative estimate of drug-likeness (QED) is 0.411. The Morgan fingerprint density at radius 2 is 1.81 bits per heavy atom. The largest absolute Gasteiger partial charge is 0.432 e. The number of nitriles is 1. The van der Waals surface area contributed by atoms with Gasteiger partial charge in [0.05, 0.1) is 29.5 Å². The molecule has 0 atom stereocenters. The highest BCUT2D eigenvalue weighted by Crippen LogP contribution is 2.42. The van der Waals surface area contributed by atoms with Crippen LogP contribution in [0.5, 0.6) is 5.75 Å². The van der Waals surface area contributed by atoms with Crippen molar-refractivity contribution in [1.29, 1.82) is 5.26 Å². The fraction of sp³-hybridized carbons (Fsp3) is 0.409. The zero-order chi connectivity index (χ0) is 26.0. The third kappa shape index (κ3) is 4.85. The summed E-state index contributed by atoms with van der Waals surface area (Å²) in [6, 6.07) is 2.26. The van der Waals surface area contributed by atoms with Crippen molar-refractivity contribution in [2.24, 2.45) is 0 Å². The van der Waals surface area contributed by atoms with Crippen LogP contribution in [0.25, 0.3) is 22.4 Å². The van der Waals surface area contributed by atoms with Crippen LogP contribution in [0.15, 0.2) is 29.4 Å². The number of hydrogen-bond acceptors (Lipinski definition) is 6. The van der Waals surface area contributed by atoms with Crippen molar-refractivity contribution in [2.45, 2.75) is 49.3 Å². The number of ether oxygens (including phenoxy) is 1. The number of fused-ring (bicyclic) bond motifs is 1. The molecule has 0 unspecified atom stereocenters. The molecule has 0 radical (unpaired) electrons. The molecule has 0 amide bonds. The highest BCUT2D eigenvalue weighted by atomic mass is 32.2. The molecule has 0 bridgehead atoms. The van der Waals surface area contributed by atoms with Crippen LogP contribution in [0.4, 0.5) is 22.0 Å². The van der Waals surface area contributed by atoms with Gasteiger partial charge >= 0.3 is 6.61 Å². The van der Waals surface area contributed by atoms with Crippen LogP contribution in [0.2, 0.25) is 0 Å². The Labute approximate surface area is 202 Å². The van der Waals surface area contributed by atoms with E-state index >= 15 is 0 Å². The van der Waals surface area contributed by atoms with Crippen LogP contribution in [0, 0.1) is 17.1 Å². The first-order valence-electron chi connectivity index (χ1n) is 10.9. The Hall–Kier alpha value is -3.31. The molecule has 2 heterocycles. The summed E-state index contributed by atoms with van der Waals surface area (Å²) < 4.78 is 98.4. The molecule has 1 aliphatic carbocycles. The molecule has 8 nitrogen and oxygen atoms in total. The molecule has 0 aliphatic heterocycles. The fourth-order valence-electron chi connectivity index (χ4n) is 4.34. The van der Waals surface area contributed by atoms with Crippen LogP contribution in [0.1, 0.15) is 37.3 Å². The summed E-state index contributed by atoms with van der Waals surface area (Å²) in [4.78, 5) is 7.68. The minimum absolute atomic E-state index is 0.0250. The van der Waals surface area contributed by atoms with E-state index in [1.807, 2.05) is 10.8 Å². The molecular weight excluding hydrogens is 509 g/mol. The summed E-state index contributed by atoms with van der Waals surface area (Å²) in [6.45, 7) is -5.77. The van der Waals surface area contributed by atoms with Crippen LogP contribution in [-0.4, -0.2) is 49.0 Å². The molecule has 0 saturated heterocycles. The molecule has 14 heteroatoms. The van der Waals surface area contributed by atoms with Crippen molar-refractivity contribution in [3.63, 3.8) is 0 Å². The Morgan fingerprint density at radius 3 is 2.36 bits per heavy atom. The molecule has 192 valence electrons. The summed E-state index contributed by atoms with van der Waals surface area (Å²) in [5.41, 5.74) is 0.402. The molecule has 2 aromatic heterocycles. The van der Waals surface area contributed by atoms with Crippen molar-refractivity contribution in [2.75, 3.05) is 13.3 Å². The van der Waals surface area contributed by atoms with E-state index in [0.29, 0.717) is 12.8 Å². The molecule has 36 heavy (non-hydrogen) atoms. The number of nitrogens with zero attached hydrogens (tertiary/aromatic N) is 4. The third-order valence-corrected chi connectivity index (χ3v) is 7.39. The van der Waals surface area contributed by atoms with Crippen molar-refractivity contribution >= 4 is 20.9 Å². The summed E-state index contributed by atoms with van der Waals surface area (Å²) >= 11 is 0. The second-order valence-corrected chi connectivity index (χ2v) is 9.91. The van der Waals surface area contributed by atoms with Gasteiger partial charge in [-0.3, -0.25) is 0 Å². The molecule has 1 aromatic carbocycles. The first-order chi connectivity index (χ1) is 17.2. The van der Waals surface area contributed by atoms with Crippen molar-refractivity contribution in [3.8, 4) is 23.3 Å². The van der Waals surface area contributed by atoms with Crippen molar-refractivity contribution in [1.82, 2.24) is 19.3 Å². The summed E-state index contributed by atoms with van der Waals surface area (Å²) in [5, 5.41) is 10.0. The summed E-state index contributed by atoms with van der Waals surface area (Å²) in [5.74, 6) is -1.84. The molecule has 3 aromatic rings. The van der Waals surface area contributed by atoms with E-state index in [2.05, 4.69) is 14.7 Å². The minimum Gasteiger partial charge on any atom is -0.432 e. The van der Waals surface area contributed by atoms with E-state index in [1.165, 1.54) is 0 Å². The van der Waals surface area contributed by atoms with E-state index in [0.717, 1.165) is 37.4 Å². The van der Waals surface area contributed by atoms with E-state index in [9.17, 15) is 35.6 Å². The molecule has 0 spiro atoms. The van der Waals surface area contributed by atoms with Gasteiger partial charge in [-0.15, -0.1) is 0 Å². The highest BCUT2D eigenvalue weighted by molar-refractivity contribution is 7.89. The number of halogens is 5. The fourth-order valence-corrected chi connectivity index (χ4v) is 5.42. The SMILES string of the molecule is N#Cc1c(-c2ncc(S(=O)(=O)NC(CF)CF)cn2)n(C2CCCC2)c2cc(OC(F)F)c(F)cc12. The van der Waals surface area contributed by atoms with Crippen LogP contribution in [0.3, 0.4) is 0 Å². The zero-order valence-corrected chi connectivity index (χ0v) is 19.4. The maximum atomic E-state index is 14.5. The lowest BCUT2D eigenvalue weighted by molar-refractivity contribution is -0.0521. The van der Waals surface area contributed by atoms with Crippen molar-refractivity contribution < 1.29 is 35.1 Å².